The summed E-state index contributed by atoms with van der Waals surface area (Å²) in [4.78, 5) is 12.2. The average Bonchev–Trinajstić information content (AvgIpc) is 2.47. The van der Waals surface area contributed by atoms with Gasteiger partial charge >= 0.3 is 0 Å². The maximum atomic E-state index is 12.2. The Morgan fingerprint density at radius 3 is 2.43 bits per heavy atom. The van der Waals surface area contributed by atoms with E-state index in [0.717, 1.165) is 17.7 Å². The summed E-state index contributed by atoms with van der Waals surface area (Å²) >= 11 is 0. The van der Waals surface area contributed by atoms with Gasteiger partial charge in [-0.05, 0) is 41.8 Å². The Morgan fingerprint density at radius 1 is 1.10 bits per heavy atom. The molecule has 4 heteroatoms. The van der Waals surface area contributed by atoms with Crippen LogP contribution in [0.3, 0.4) is 0 Å². The number of benzene rings is 2. The van der Waals surface area contributed by atoms with Crippen molar-refractivity contribution < 1.29 is 9.00 Å². The summed E-state index contributed by atoms with van der Waals surface area (Å²) in [6.45, 7) is 2.09. The molecular weight excluding hydrogens is 282 g/mol. The van der Waals surface area contributed by atoms with Gasteiger partial charge in [0.2, 0.25) is 0 Å². The van der Waals surface area contributed by atoms with Crippen molar-refractivity contribution in [3.63, 3.8) is 0 Å². The lowest BCUT2D eigenvalue weighted by Gasteiger charge is -2.07. The van der Waals surface area contributed by atoms with Gasteiger partial charge < -0.3 is 5.32 Å². The van der Waals surface area contributed by atoms with Crippen LogP contribution in [0, 0.1) is 0 Å². The van der Waals surface area contributed by atoms with Crippen LogP contribution >= 0.6 is 0 Å². The number of hydrogen-bond acceptors (Lipinski definition) is 2. The van der Waals surface area contributed by atoms with Crippen molar-refractivity contribution in [3.05, 3.63) is 65.2 Å². The molecule has 110 valence electrons. The van der Waals surface area contributed by atoms with Gasteiger partial charge in [0.1, 0.15) is 0 Å². The molecule has 3 nitrogen and oxygen atoms in total. The molecule has 0 saturated carbocycles. The Morgan fingerprint density at radius 2 is 1.81 bits per heavy atom. The van der Waals surface area contributed by atoms with Crippen LogP contribution in [0.25, 0.3) is 0 Å². The lowest BCUT2D eigenvalue weighted by atomic mass is 10.1. The summed E-state index contributed by atoms with van der Waals surface area (Å²) in [5.74, 6) is 0.315. The first-order valence-corrected chi connectivity index (χ1v) is 8.60. The summed E-state index contributed by atoms with van der Waals surface area (Å²) in [5, 5.41) is 2.88. The highest BCUT2D eigenvalue weighted by molar-refractivity contribution is 7.83. The average molecular weight is 301 g/mol. The number of anilines is 1. The van der Waals surface area contributed by atoms with Crippen molar-refractivity contribution in [2.24, 2.45) is 0 Å². The molecule has 0 radical (unpaired) electrons. The van der Waals surface area contributed by atoms with E-state index in [1.54, 1.807) is 18.4 Å². The van der Waals surface area contributed by atoms with E-state index in [4.69, 9.17) is 0 Å². The first-order chi connectivity index (χ1) is 10.1. The first-order valence-electron chi connectivity index (χ1n) is 6.87. The van der Waals surface area contributed by atoms with E-state index in [1.165, 1.54) is 5.56 Å². The summed E-state index contributed by atoms with van der Waals surface area (Å²) in [6, 6.07) is 15.1. The highest BCUT2D eigenvalue weighted by Gasteiger charge is 2.07. The molecule has 1 unspecified atom stereocenters. The zero-order chi connectivity index (χ0) is 15.2. The summed E-state index contributed by atoms with van der Waals surface area (Å²) in [6.07, 6.45) is 2.63. The van der Waals surface area contributed by atoms with Crippen LogP contribution < -0.4 is 5.32 Å². The topological polar surface area (TPSA) is 46.2 Å². The minimum absolute atomic E-state index is 0.150. The number of aryl methyl sites for hydroxylation is 1. The predicted molar refractivity (Wildman–Crippen MR) is 88.0 cm³/mol. The minimum atomic E-state index is -0.911. The second-order valence-corrected chi connectivity index (χ2v) is 6.36. The van der Waals surface area contributed by atoms with E-state index in [9.17, 15) is 9.00 Å². The van der Waals surface area contributed by atoms with Crippen molar-refractivity contribution in [2.75, 3.05) is 11.6 Å². The minimum Gasteiger partial charge on any atom is -0.322 e. The molecule has 0 saturated heterocycles. The van der Waals surface area contributed by atoms with Gasteiger partial charge in [0.05, 0.1) is 0 Å². The lowest BCUT2D eigenvalue weighted by Crippen LogP contribution is -2.12. The number of rotatable bonds is 5. The smallest absolute Gasteiger partial charge is 0.255 e. The van der Waals surface area contributed by atoms with E-state index in [1.807, 2.05) is 36.4 Å². The summed E-state index contributed by atoms with van der Waals surface area (Å²) in [5.41, 5.74) is 3.50. The van der Waals surface area contributed by atoms with Gasteiger partial charge in [0, 0.05) is 34.1 Å². The standard InChI is InChI=1S/C17H19NO2S/c1-3-13-7-9-16(10-8-13)18-17(19)15-6-4-5-14(11-15)12-21(2)20/h4-11H,3,12H2,1-2H3,(H,18,19). The molecule has 1 atom stereocenters. The normalized spacial score (nSPS) is 11.9. The number of carbonyl (C=O) groups excluding carboxylic acids is 1. The van der Waals surface area contributed by atoms with Crippen LogP contribution in [-0.2, 0) is 23.0 Å². The number of carbonyl (C=O) groups is 1. The molecule has 0 bridgehead atoms. The van der Waals surface area contributed by atoms with Gasteiger partial charge in [0.25, 0.3) is 5.91 Å². The predicted octanol–water partition coefficient (Wildman–Crippen LogP) is 3.38. The van der Waals surface area contributed by atoms with E-state index in [2.05, 4.69) is 12.2 Å². The third-order valence-corrected chi connectivity index (χ3v) is 3.92. The molecule has 0 heterocycles. The monoisotopic (exact) mass is 301 g/mol. The maximum Gasteiger partial charge on any atom is 0.255 e. The van der Waals surface area contributed by atoms with Gasteiger partial charge in [-0.1, -0.05) is 31.2 Å². The fourth-order valence-electron chi connectivity index (χ4n) is 2.06. The van der Waals surface area contributed by atoms with E-state index in [0.29, 0.717) is 11.3 Å². The van der Waals surface area contributed by atoms with Crippen LogP contribution in [0.1, 0.15) is 28.4 Å². The Balaban J connectivity index is 2.10. The lowest BCUT2D eigenvalue weighted by molar-refractivity contribution is 0.102. The third-order valence-electron chi connectivity index (χ3n) is 3.18. The van der Waals surface area contributed by atoms with Crippen LogP contribution in [0.15, 0.2) is 48.5 Å². The molecule has 0 fully saturated rings. The highest BCUT2D eigenvalue weighted by Crippen LogP contribution is 2.13. The molecule has 0 aliphatic carbocycles. The molecule has 2 rings (SSSR count). The molecule has 0 aromatic heterocycles. The Bertz CT molecular complexity index is 650. The molecule has 0 aliphatic heterocycles. The van der Waals surface area contributed by atoms with Gasteiger partial charge in [-0.2, -0.15) is 0 Å². The fraction of sp³-hybridized carbons (Fsp3) is 0.235. The largest absolute Gasteiger partial charge is 0.322 e. The SMILES string of the molecule is CCc1ccc(NC(=O)c2cccc(CS(C)=O)c2)cc1. The Labute approximate surface area is 127 Å². The van der Waals surface area contributed by atoms with Crippen molar-refractivity contribution in [2.45, 2.75) is 19.1 Å². The molecule has 2 aromatic carbocycles. The molecule has 21 heavy (non-hydrogen) atoms. The van der Waals surface area contributed by atoms with Crippen LogP contribution in [-0.4, -0.2) is 16.4 Å². The van der Waals surface area contributed by atoms with Crippen LogP contribution in [0.2, 0.25) is 0 Å². The zero-order valence-corrected chi connectivity index (χ0v) is 13.1. The maximum absolute atomic E-state index is 12.2. The molecule has 0 aliphatic rings. The molecule has 2 aromatic rings. The van der Waals surface area contributed by atoms with Gasteiger partial charge in [0.15, 0.2) is 0 Å². The van der Waals surface area contributed by atoms with Crippen molar-refractivity contribution in [3.8, 4) is 0 Å². The van der Waals surface area contributed by atoms with E-state index >= 15 is 0 Å². The summed E-state index contributed by atoms with van der Waals surface area (Å²) < 4.78 is 11.3. The van der Waals surface area contributed by atoms with Crippen molar-refractivity contribution >= 4 is 22.4 Å². The number of amides is 1. The van der Waals surface area contributed by atoms with E-state index in [-0.39, 0.29) is 5.91 Å². The quantitative estimate of drug-likeness (QED) is 0.920. The first kappa shape index (κ1) is 15.4. The molecule has 1 amide bonds. The van der Waals surface area contributed by atoms with Gasteiger partial charge in [-0.25, -0.2) is 0 Å². The van der Waals surface area contributed by atoms with Crippen molar-refractivity contribution in [1.82, 2.24) is 0 Å². The Kier molecular flexibility index (Phi) is 5.28. The molecular formula is C17H19NO2S. The van der Waals surface area contributed by atoms with Crippen LogP contribution in [0.4, 0.5) is 5.69 Å². The fourth-order valence-corrected chi connectivity index (χ4v) is 2.71. The van der Waals surface area contributed by atoms with Gasteiger partial charge in [-0.3, -0.25) is 9.00 Å². The second-order valence-electron chi connectivity index (χ2n) is 4.92. The van der Waals surface area contributed by atoms with Crippen LogP contribution in [0.5, 0.6) is 0 Å². The molecule has 0 spiro atoms. The van der Waals surface area contributed by atoms with E-state index < -0.39 is 10.8 Å². The highest BCUT2D eigenvalue weighted by atomic mass is 32.2. The second kappa shape index (κ2) is 7.18. The molecule has 1 N–H and O–H groups in total. The number of hydrogen-bond donors (Lipinski definition) is 1. The van der Waals surface area contributed by atoms with Crippen molar-refractivity contribution in [1.29, 1.82) is 0 Å². The zero-order valence-electron chi connectivity index (χ0n) is 12.3. The summed E-state index contributed by atoms with van der Waals surface area (Å²) in [7, 11) is -0.911. The Hall–Kier alpha value is -1.94. The number of nitrogens with one attached hydrogen (secondary N) is 1. The third kappa shape index (κ3) is 4.53. The van der Waals surface area contributed by atoms with Gasteiger partial charge in [-0.15, -0.1) is 0 Å².